The molecule has 0 aromatic heterocycles. The molecule has 3 atom stereocenters. The van der Waals surface area contributed by atoms with Crippen molar-refractivity contribution >= 4 is 13.8 Å². The molecule has 0 amide bonds. The maximum absolute atomic E-state index is 10.4. The Kier molecular flexibility index (Phi) is 1.99. The molecule has 1 aliphatic carbocycles. The van der Waals surface area contributed by atoms with Gasteiger partial charge in [-0.05, 0) is 18.9 Å². The monoisotopic (exact) mass is 139 g/mol. The van der Waals surface area contributed by atoms with Crippen LogP contribution in [0.5, 0.6) is 0 Å². The summed E-state index contributed by atoms with van der Waals surface area (Å²) in [6.45, 7) is 0. The number of carboxylic acid groups (broad SMARTS) is 1. The predicted octanol–water partition coefficient (Wildman–Crippen LogP) is -0.235. The second-order valence-corrected chi connectivity index (χ2v) is 2.83. The fraction of sp³-hybridized carbons (Fsp3) is 0.833. The maximum atomic E-state index is 10.4. The molecule has 0 aliphatic heterocycles. The number of rotatable bonds is 1. The molecular weight excluding hydrogens is 129 g/mol. The lowest BCUT2D eigenvalue weighted by Gasteiger charge is -2.05. The normalized spacial score (nSPS) is 39.9. The van der Waals surface area contributed by atoms with E-state index < -0.39 is 5.97 Å². The number of hydrogen-bond acceptors (Lipinski definition) is 2. The summed E-state index contributed by atoms with van der Waals surface area (Å²) in [5, 5.41) is 8.54. The lowest BCUT2D eigenvalue weighted by atomic mass is 9.83. The minimum Gasteiger partial charge on any atom is -0.481 e. The molecular formula is C6H10BNO2. The molecule has 0 saturated heterocycles. The van der Waals surface area contributed by atoms with E-state index in [4.69, 9.17) is 18.7 Å². The minimum absolute atomic E-state index is 0.124. The highest BCUT2D eigenvalue weighted by Gasteiger charge is 2.32. The highest BCUT2D eigenvalue weighted by atomic mass is 16.4. The van der Waals surface area contributed by atoms with Crippen molar-refractivity contribution in [2.24, 2.45) is 11.7 Å². The van der Waals surface area contributed by atoms with Gasteiger partial charge in [0.1, 0.15) is 0 Å². The summed E-state index contributed by atoms with van der Waals surface area (Å²) >= 11 is 0. The molecule has 3 N–H and O–H groups in total. The summed E-state index contributed by atoms with van der Waals surface area (Å²) in [4.78, 5) is 10.4. The van der Waals surface area contributed by atoms with Crippen molar-refractivity contribution in [3.05, 3.63) is 0 Å². The maximum Gasteiger partial charge on any atom is 0.306 e. The highest BCUT2D eigenvalue weighted by molar-refractivity contribution is 6.12. The van der Waals surface area contributed by atoms with Gasteiger partial charge in [0.05, 0.1) is 13.8 Å². The van der Waals surface area contributed by atoms with E-state index in [1.54, 1.807) is 0 Å². The Morgan fingerprint density at radius 1 is 1.60 bits per heavy atom. The van der Waals surface area contributed by atoms with Gasteiger partial charge in [-0.3, -0.25) is 4.79 Å². The van der Waals surface area contributed by atoms with E-state index in [1.807, 2.05) is 0 Å². The van der Waals surface area contributed by atoms with Crippen LogP contribution < -0.4 is 5.73 Å². The largest absolute Gasteiger partial charge is 0.481 e. The van der Waals surface area contributed by atoms with Gasteiger partial charge >= 0.3 is 5.97 Å². The van der Waals surface area contributed by atoms with Crippen molar-refractivity contribution in [1.82, 2.24) is 0 Å². The van der Waals surface area contributed by atoms with Gasteiger partial charge in [-0.1, -0.05) is 5.82 Å². The quantitative estimate of drug-likeness (QED) is 0.493. The van der Waals surface area contributed by atoms with Gasteiger partial charge < -0.3 is 10.8 Å². The Hall–Kier alpha value is -0.505. The van der Waals surface area contributed by atoms with Gasteiger partial charge in [0.15, 0.2) is 0 Å². The van der Waals surface area contributed by atoms with Crippen molar-refractivity contribution in [1.29, 1.82) is 0 Å². The number of carbonyl (C=O) groups is 1. The average molecular weight is 139 g/mol. The summed E-state index contributed by atoms with van der Waals surface area (Å²) in [5.74, 6) is -1.21. The van der Waals surface area contributed by atoms with E-state index in [2.05, 4.69) is 0 Å². The Morgan fingerprint density at radius 2 is 2.20 bits per heavy atom. The SMILES string of the molecule is [B]C1CC(C(=O)O)CC1N. The molecule has 54 valence electrons. The number of nitrogens with two attached hydrogens (primary N) is 1. The second kappa shape index (κ2) is 2.62. The fourth-order valence-electron chi connectivity index (χ4n) is 1.30. The van der Waals surface area contributed by atoms with E-state index in [0.29, 0.717) is 12.8 Å². The molecule has 1 saturated carbocycles. The van der Waals surface area contributed by atoms with Crippen molar-refractivity contribution in [2.45, 2.75) is 24.7 Å². The smallest absolute Gasteiger partial charge is 0.306 e. The number of hydrogen-bond donors (Lipinski definition) is 2. The lowest BCUT2D eigenvalue weighted by Crippen LogP contribution is -2.21. The van der Waals surface area contributed by atoms with Gasteiger partial charge in [-0.25, -0.2) is 0 Å². The highest BCUT2D eigenvalue weighted by Crippen LogP contribution is 2.31. The zero-order chi connectivity index (χ0) is 7.72. The fourth-order valence-corrected chi connectivity index (χ4v) is 1.30. The molecule has 4 heteroatoms. The van der Waals surface area contributed by atoms with Crippen molar-refractivity contribution in [3.8, 4) is 0 Å². The van der Waals surface area contributed by atoms with Crippen LogP contribution in [-0.2, 0) is 4.79 Å². The van der Waals surface area contributed by atoms with Crippen LogP contribution in [0, 0.1) is 5.92 Å². The molecule has 3 nitrogen and oxygen atoms in total. The Bertz CT molecular complexity index is 141. The third-order valence-electron chi connectivity index (χ3n) is 2.01. The topological polar surface area (TPSA) is 63.3 Å². The molecule has 1 rings (SSSR count). The summed E-state index contributed by atoms with van der Waals surface area (Å²) in [7, 11) is 5.52. The molecule has 1 aliphatic rings. The summed E-state index contributed by atoms with van der Waals surface area (Å²) < 4.78 is 0. The van der Waals surface area contributed by atoms with Crippen LogP contribution in [0.1, 0.15) is 12.8 Å². The average Bonchev–Trinajstić information content (AvgIpc) is 2.13. The van der Waals surface area contributed by atoms with E-state index in [1.165, 1.54) is 0 Å². The van der Waals surface area contributed by atoms with Crippen LogP contribution in [-0.4, -0.2) is 25.0 Å². The van der Waals surface area contributed by atoms with Crippen molar-refractivity contribution in [2.75, 3.05) is 0 Å². The third kappa shape index (κ3) is 1.32. The minimum atomic E-state index is -0.775. The first kappa shape index (κ1) is 7.60. The molecule has 0 bridgehead atoms. The Morgan fingerprint density at radius 3 is 2.40 bits per heavy atom. The van der Waals surface area contributed by atoms with E-state index in [-0.39, 0.29) is 17.8 Å². The summed E-state index contributed by atoms with van der Waals surface area (Å²) in [6.07, 6.45) is 1.05. The zero-order valence-corrected chi connectivity index (χ0v) is 5.66. The van der Waals surface area contributed by atoms with Crippen LogP contribution in [0.3, 0.4) is 0 Å². The second-order valence-electron chi connectivity index (χ2n) is 2.83. The molecule has 0 aromatic carbocycles. The van der Waals surface area contributed by atoms with Crippen LogP contribution in [0.2, 0.25) is 5.82 Å². The molecule has 0 spiro atoms. The van der Waals surface area contributed by atoms with Crippen LogP contribution in [0.15, 0.2) is 0 Å². The van der Waals surface area contributed by atoms with E-state index >= 15 is 0 Å². The Labute approximate surface area is 61.0 Å². The van der Waals surface area contributed by atoms with Gasteiger partial charge in [0.2, 0.25) is 0 Å². The van der Waals surface area contributed by atoms with Gasteiger partial charge in [-0.2, -0.15) is 0 Å². The van der Waals surface area contributed by atoms with Crippen LogP contribution >= 0.6 is 0 Å². The van der Waals surface area contributed by atoms with Crippen LogP contribution in [0.25, 0.3) is 0 Å². The molecule has 0 heterocycles. The van der Waals surface area contributed by atoms with E-state index in [0.717, 1.165) is 0 Å². The first-order valence-electron chi connectivity index (χ1n) is 3.35. The molecule has 0 aromatic rings. The van der Waals surface area contributed by atoms with Crippen molar-refractivity contribution < 1.29 is 9.90 Å². The molecule has 3 unspecified atom stereocenters. The summed E-state index contributed by atoms with van der Waals surface area (Å²) in [5.41, 5.74) is 5.52. The molecule has 10 heavy (non-hydrogen) atoms. The first-order valence-corrected chi connectivity index (χ1v) is 3.35. The molecule has 1 fully saturated rings. The first-order chi connectivity index (χ1) is 4.61. The number of carboxylic acids is 1. The predicted molar refractivity (Wildman–Crippen MR) is 37.8 cm³/mol. The third-order valence-corrected chi connectivity index (χ3v) is 2.01. The molecule has 2 radical (unpaired) electrons. The van der Waals surface area contributed by atoms with E-state index in [9.17, 15) is 4.79 Å². The van der Waals surface area contributed by atoms with Gasteiger partial charge in [0, 0.05) is 0 Å². The Balaban J connectivity index is 2.49. The standard InChI is InChI=1S/C6H10BNO2/c7-4-1-3(6(9)10)2-5(4)8/h3-5H,1-2,8H2,(H,9,10). The lowest BCUT2D eigenvalue weighted by molar-refractivity contribution is -0.141. The van der Waals surface area contributed by atoms with Crippen LogP contribution in [0.4, 0.5) is 0 Å². The van der Waals surface area contributed by atoms with Crippen molar-refractivity contribution in [3.63, 3.8) is 0 Å². The summed E-state index contributed by atoms with van der Waals surface area (Å²) in [6, 6.07) is -0.124. The van der Waals surface area contributed by atoms with Gasteiger partial charge in [0.25, 0.3) is 0 Å². The zero-order valence-electron chi connectivity index (χ0n) is 5.66. The van der Waals surface area contributed by atoms with Gasteiger partial charge in [-0.15, -0.1) is 0 Å². The number of aliphatic carboxylic acids is 1.